The molecular formula is C21H21N3O5S2. The molecule has 0 aliphatic carbocycles. The molecule has 0 unspecified atom stereocenters. The maximum Gasteiger partial charge on any atom is 0.261 e. The molecule has 31 heavy (non-hydrogen) atoms. The number of thioether (sulfide) groups is 1. The first-order valence-corrected chi connectivity index (χ1v) is 12.1. The van der Waals surface area contributed by atoms with Crippen LogP contribution in [0.25, 0.3) is 0 Å². The first-order chi connectivity index (χ1) is 14.7. The summed E-state index contributed by atoms with van der Waals surface area (Å²) in [6.45, 7) is 2.71. The molecule has 2 aliphatic rings. The summed E-state index contributed by atoms with van der Waals surface area (Å²) in [6.07, 6.45) is 1.87. The number of Topliss-reactive ketones (excluding diaryl/α,β-unsaturated/α-hetero) is 1. The fraction of sp³-hybridized carbons (Fsp3) is 0.286. The quantitative estimate of drug-likeness (QED) is 0.525. The van der Waals surface area contributed by atoms with Crippen molar-refractivity contribution in [3.63, 3.8) is 0 Å². The Bertz CT molecular complexity index is 1170. The third kappa shape index (κ3) is 4.45. The molecular weight excluding hydrogens is 438 g/mol. The summed E-state index contributed by atoms with van der Waals surface area (Å²) in [5, 5.41) is 1.80. The minimum absolute atomic E-state index is 0.0373. The van der Waals surface area contributed by atoms with E-state index in [0.29, 0.717) is 29.2 Å². The number of nitrogens with zero attached hydrogens (tertiary/aromatic N) is 1. The number of sulfonamides is 1. The number of ketones is 1. The third-order valence-corrected chi connectivity index (χ3v) is 7.81. The SMILES string of the molecule is CC(=O)c1cccc(NS(=O)(=O)c2ccc3c(c2)NC(=O)[C@H](C(=O)N2CCCC2)S3)c1. The van der Waals surface area contributed by atoms with Crippen LogP contribution in [-0.2, 0) is 19.6 Å². The summed E-state index contributed by atoms with van der Waals surface area (Å²) < 4.78 is 28.1. The summed E-state index contributed by atoms with van der Waals surface area (Å²) in [7, 11) is -3.95. The molecule has 2 heterocycles. The summed E-state index contributed by atoms with van der Waals surface area (Å²) in [5.41, 5.74) is 1.00. The van der Waals surface area contributed by atoms with Gasteiger partial charge in [-0.2, -0.15) is 0 Å². The molecule has 10 heteroatoms. The fourth-order valence-corrected chi connectivity index (χ4v) is 5.67. The highest BCUT2D eigenvalue weighted by Crippen LogP contribution is 2.38. The molecule has 0 saturated carbocycles. The molecule has 1 fully saturated rings. The lowest BCUT2D eigenvalue weighted by molar-refractivity contribution is -0.133. The molecule has 8 nitrogen and oxygen atoms in total. The second kappa shape index (κ2) is 8.35. The topological polar surface area (TPSA) is 113 Å². The predicted molar refractivity (Wildman–Crippen MR) is 118 cm³/mol. The van der Waals surface area contributed by atoms with Gasteiger partial charge >= 0.3 is 0 Å². The molecule has 1 saturated heterocycles. The van der Waals surface area contributed by atoms with Gasteiger partial charge in [-0.05, 0) is 50.1 Å². The zero-order valence-electron chi connectivity index (χ0n) is 16.8. The molecule has 2 aliphatic heterocycles. The zero-order chi connectivity index (χ0) is 22.2. The smallest absolute Gasteiger partial charge is 0.261 e. The maximum atomic E-state index is 12.8. The van der Waals surface area contributed by atoms with E-state index in [-0.39, 0.29) is 22.3 Å². The molecule has 0 bridgehead atoms. The average Bonchev–Trinajstić information content (AvgIpc) is 3.27. The van der Waals surface area contributed by atoms with E-state index in [1.807, 2.05) is 0 Å². The number of carbonyl (C=O) groups excluding carboxylic acids is 3. The lowest BCUT2D eigenvalue weighted by Gasteiger charge is -2.27. The van der Waals surface area contributed by atoms with Crippen LogP contribution in [0.2, 0.25) is 0 Å². The number of likely N-dealkylation sites (tertiary alicyclic amines) is 1. The normalized spacial score (nSPS) is 18.3. The van der Waals surface area contributed by atoms with E-state index in [1.54, 1.807) is 29.2 Å². The summed E-state index contributed by atoms with van der Waals surface area (Å²) in [6, 6.07) is 10.6. The Balaban J connectivity index is 1.55. The summed E-state index contributed by atoms with van der Waals surface area (Å²) in [5.74, 6) is -0.840. The van der Waals surface area contributed by atoms with Crippen molar-refractivity contribution in [2.24, 2.45) is 0 Å². The molecule has 2 aromatic carbocycles. The highest BCUT2D eigenvalue weighted by atomic mass is 32.2. The average molecular weight is 460 g/mol. The van der Waals surface area contributed by atoms with Crippen molar-refractivity contribution in [1.29, 1.82) is 0 Å². The molecule has 0 spiro atoms. The monoisotopic (exact) mass is 459 g/mol. The van der Waals surface area contributed by atoms with Crippen LogP contribution in [0, 0.1) is 0 Å². The van der Waals surface area contributed by atoms with Crippen molar-refractivity contribution in [3.05, 3.63) is 48.0 Å². The summed E-state index contributed by atoms with van der Waals surface area (Å²) in [4.78, 5) is 39.0. The van der Waals surface area contributed by atoms with Crippen LogP contribution >= 0.6 is 11.8 Å². The van der Waals surface area contributed by atoms with Crippen LogP contribution in [0.5, 0.6) is 0 Å². The van der Waals surface area contributed by atoms with Crippen molar-refractivity contribution >= 4 is 50.8 Å². The van der Waals surface area contributed by atoms with E-state index in [0.717, 1.165) is 24.6 Å². The number of hydrogen-bond donors (Lipinski definition) is 2. The van der Waals surface area contributed by atoms with Gasteiger partial charge in [-0.25, -0.2) is 8.42 Å². The molecule has 4 rings (SSSR count). The van der Waals surface area contributed by atoms with E-state index in [9.17, 15) is 22.8 Å². The molecule has 2 amide bonds. The van der Waals surface area contributed by atoms with Crippen LogP contribution in [0.3, 0.4) is 0 Å². The molecule has 2 N–H and O–H groups in total. The number of nitrogens with one attached hydrogen (secondary N) is 2. The molecule has 0 radical (unpaired) electrons. The Labute approximate surface area is 184 Å². The third-order valence-electron chi connectivity index (χ3n) is 5.17. The minimum Gasteiger partial charge on any atom is -0.341 e. The standard InChI is InChI=1S/C21H21N3O5S2/c1-13(25)14-5-4-6-15(11-14)23-31(28,29)16-7-8-18-17(12-16)22-20(26)19(30-18)21(27)24-9-2-3-10-24/h4-8,11-12,19,23H,2-3,9-10H2,1H3,(H,22,26)/t19-/m1/s1. The molecule has 2 aromatic rings. The van der Waals surface area contributed by atoms with Gasteiger partial charge in [0.25, 0.3) is 10.0 Å². The van der Waals surface area contributed by atoms with Crippen molar-refractivity contribution in [2.75, 3.05) is 23.1 Å². The Morgan fingerprint density at radius 1 is 1.13 bits per heavy atom. The van der Waals surface area contributed by atoms with E-state index in [1.165, 1.54) is 25.1 Å². The van der Waals surface area contributed by atoms with E-state index in [4.69, 9.17) is 0 Å². The second-order valence-corrected chi connectivity index (χ2v) is 10.2. The van der Waals surface area contributed by atoms with Gasteiger partial charge in [0.05, 0.1) is 10.6 Å². The molecule has 162 valence electrons. The largest absolute Gasteiger partial charge is 0.341 e. The van der Waals surface area contributed by atoms with Gasteiger partial charge in [0, 0.05) is 29.2 Å². The van der Waals surface area contributed by atoms with E-state index >= 15 is 0 Å². The number of benzene rings is 2. The zero-order valence-corrected chi connectivity index (χ0v) is 18.4. The van der Waals surface area contributed by atoms with Crippen LogP contribution < -0.4 is 10.0 Å². The van der Waals surface area contributed by atoms with E-state index < -0.39 is 21.2 Å². The lowest BCUT2D eigenvalue weighted by Crippen LogP contribution is -2.43. The predicted octanol–water partition coefficient (Wildman–Crippen LogP) is 2.73. The first kappa shape index (κ1) is 21.4. The van der Waals surface area contributed by atoms with Crippen molar-refractivity contribution < 1.29 is 22.8 Å². The summed E-state index contributed by atoms with van der Waals surface area (Å²) >= 11 is 1.13. The van der Waals surface area contributed by atoms with E-state index in [2.05, 4.69) is 10.0 Å². The van der Waals surface area contributed by atoms with Gasteiger partial charge in [0.2, 0.25) is 11.8 Å². The maximum absolute atomic E-state index is 12.8. The first-order valence-electron chi connectivity index (χ1n) is 9.79. The Hall–Kier alpha value is -2.85. The number of anilines is 2. The van der Waals surface area contributed by atoms with Crippen molar-refractivity contribution in [3.8, 4) is 0 Å². The highest BCUT2D eigenvalue weighted by molar-refractivity contribution is 8.01. The van der Waals surface area contributed by atoms with Crippen LogP contribution in [-0.4, -0.2) is 49.3 Å². The van der Waals surface area contributed by atoms with Crippen LogP contribution in [0.1, 0.15) is 30.1 Å². The number of amides is 2. The second-order valence-electron chi connectivity index (χ2n) is 7.42. The Morgan fingerprint density at radius 2 is 1.87 bits per heavy atom. The van der Waals surface area contributed by atoms with Gasteiger partial charge in [-0.3, -0.25) is 19.1 Å². The van der Waals surface area contributed by atoms with Crippen molar-refractivity contribution in [2.45, 2.75) is 34.8 Å². The minimum atomic E-state index is -3.95. The highest BCUT2D eigenvalue weighted by Gasteiger charge is 2.37. The van der Waals surface area contributed by atoms with Crippen LogP contribution in [0.4, 0.5) is 11.4 Å². The van der Waals surface area contributed by atoms with Gasteiger partial charge in [-0.1, -0.05) is 12.1 Å². The molecule has 1 atom stereocenters. The van der Waals surface area contributed by atoms with Gasteiger partial charge in [0.1, 0.15) is 0 Å². The van der Waals surface area contributed by atoms with Gasteiger partial charge in [-0.15, -0.1) is 11.8 Å². The van der Waals surface area contributed by atoms with Crippen molar-refractivity contribution in [1.82, 2.24) is 4.90 Å². The number of fused-ring (bicyclic) bond motifs is 1. The van der Waals surface area contributed by atoms with Crippen LogP contribution in [0.15, 0.2) is 52.3 Å². The number of carbonyl (C=O) groups is 3. The fourth-order valence-electron chi connectivity index (χ4n) is 3.54. The van der Waals surface area contributed by atoms with Gasteiger partial charge in [0.15, 0.2) is 11.0 Å². The number of hydrogen-bond acceptors (Lipinski definition) is 6. The Morgan fingerprint density at radius 3 is 2.58 bits per heavy atom. The lowest BCUT2D eigenvalue weighted by atomic mass is 10.1. The Kier molecular flexibility index (Phi) is 5.76. The molecule has 0 aromatic heterocycles. The van der Waals surface area contributed by atoms with Gasteiger partial charge < -0.3 is 10.2 Å². The number of rotatable bonds is 5.